The molecular weight excluding hydrogens is 298 g/mol. The number of aromatic nitrogens is 2. The highest BCUT2D eigenvalue weighted by atomic mass is 35.5. The number of halogens is 1. The molecule has 2 rings (SSSR count). The van der Waals surface area contributed by atoms with E-state index in [0.29, 0.717) is 22.5 Å². The first-order chi connectivity index (χ1) is 9.67. The van der Waals surface area contributed by atoms with Crippen LogP contribution < -0.4 is 0 Å². The molecule has 1 N–H and O–H groups in total. The summed E-state index contributed by atoms with van der Waals surface area (Å²) in [7, 11) is 0. The van der Waals surface area contributed by atoms with Gasteiger partial charge in [-0.25, -0.2) is 0 Å². The summed E-state index contributed by atoms with van der Waals surface area (Å²) in [5.41, 5.74) is 0. The molecule has 1 aromatic carbocycles. The average molecular weight is 310 g/mol. The van der Waals surface area contributed by atoms with E-state index in [1.165, 1.54) is 0 Å². The fourth-order valence-electron chi connectivity index (χ4n) is 1.52. The Bertz CT molecular complexity index is 612. The number of benzene rings is 1. The van der Waals surface area contributed by atoms with Crippen molar-refractivity contribution in [3.8, 4) is 6.07 Å². The Morgan fingerprint density at radius 1 is 1.50 bits per heavy atom. The van der Waals surface area contributed by atoms with Crippen LogP contribution in [0.15, 0.2) is 33.7 Å². The zero-order chi connectivity index (χ0) is 14.4. The molecule has 20 heavy (non-hydrogen) atoms. The molecule has 5 nitrogen and oxygen atoms in total. The Labute approximate surface area is 125 Å². The summed E-state index contributed by atoms with van der Waals surface area (Å²) in [5.74, 6) is 1.45. The number of aliphatic hydroxyl groups excluding tert-OH is 1. The first kappa shape index (κ1) is 14.9. The molecule has 0 amide bonds. The Balaban J connectivity index is 1.88. The molecule has 1 atom stereocenters. The Morgan fingerprint density at radius 2 is 2.35 bits per heavy atom. The van der Waals surface area contributed by atoms with E-state index in [9.17, 15) is 5.11 Å². The number of aliphatic hydroxyl groups is 1. The third-order valence-electron chi connectivity index (χ3n) is 2.41. The molecule has 104 valence electrons. The highest BCUT2D eigenvalue weighted by molar-refractivity contribution is 7.98. The van der Waals surface area contributed by atoms with Crippen LogP contribution in [-0.4, -0.2) is 21.4 Å². The molecule has 0 saturated heterocycles. The van der Waals surface area contributed by atoms with Crippen LogP contribution in [0.2, 0.25) is 5.02 Å². The molecule has 2 aromatic rings. The lowest BCUT2D eigenvalue weighted by atomic mass is 10.2. The number of nitrogens with zero attached hydrogens (tertiary/aromatic N) is 3. The topological polar surface area (TPSA) is 82.9 Å². The van der Waals surface area contributed by atoms with E-state index in [-0.39, 0.29) is 12.8 Å². The van der Waals surface area contributed by atoms with Gasteiger partial charge in [-0.2, -0.15) is 10.2 Å². The van der Waals surface area contributed by atoms with Crippen LogP contribution in [-0.2, 0) is 12.2 Å². The zero-order valence-corrected chi connectivity index (χ0v) is 12.1. The number of rotatable bonds is 6. The highest BCUT2D eigenvalue weighted by Gasteiger charge is 2.12. The van der Waals surface area contributed by atoms with E-state index in [1.54, 1.807) is 11.8 Å². The van der Waals surface area contributed by atoms with Crippen molar-refractivity contribution >= 4 is 23.4 Å². The lowest BCUT2D eigenvalue weighted by Gasteiger charge is -2.00. The lowest BCUT2D eigenvalue weighted by Crippen LogP contribution is -2.09. The normalized spacial score (nSPS) is 12.1. The predicted molar refractivity (Wildman–Crippen MR) is 75.3 cm³/mol. The van der Waals surface area contributed by atoms with Gasteiger partial charge in [0, 0.05) is 9.92 Å². The van der Waals surface area contributed by atoms with Crippen LogP contribution in [0, 0.1) is 11.3 Å². The van der Waals surface area contributed by atoms with Gasteiger partial charge in [0.05, 0.1) is 30.8 Å². The quantitative estimate of drug-likeness (QED) is 0.826. The van der Waals surface area contributed by atoms with Crippen molar-refractivity contribution in [2.24, 2.45) is 0 Å². The van der Waals surface area contributed by atoms with Crippen molar-refractivity contribution in [3.63, 3.8) is 0 Å². The summed E-state index contributed by atoms with van der Waals surface area (Å²) in [4.78, 5) is 5.19. The second-order valence-corrected chi connectivity index (χ2v) is 5.56. The van der Waals surface area contributed by atoms with Gasteiger partial charge in [0.25, 0.3) is 0 Å². The van der Waals surface area contributed by atoms with Gasteiger partial charge in [0.2, 0.25) is 5.89 Å². The largest absolute Gasteiger partial charge is 0.392 e. The molecule has 0 aliphatic rings. The minimum absolute atomic E-state index is 0.0506. The summed E-state index contributed by atoms with van der Waals surface area (Å²) in [6.07, 6.45) is -0.522. The summed E-state index contributed by atoms with van der Waals surface area (Å²) in [6.45, 7) is 0. The molecular formula is C13H12ClN3O2S. The van der Waals surface area contributed by atoms with Gasteiger partial charge in [-0.15, -0.1) is 11.8 Å². The maximum atomic E-state index is 9.48. The fraction of sp³-hybridized carbons (Fsp3) is 0.308. The molecule has 1 heterocycles. The van der Waals surface area contributed by atoms with Crippen molar-refractivity contribution in [1.82, 2.24) is 10.1 Å². The molecule has 7 heteroatoms. The highest BCUT2D eigenvalue weighted by Crippen LogP contribution is 2.24. The molecule has 0 saturated carbocycles. The zero-order valence-electron chi connectivity index (χ0n) is 10.5. The van der Waals surface area contributed by atoms with Gasteiger partial charge >= 0.3 is 0 Å². The number of nitriles is 1. The van der Waals surface area contributed by atoms with Crippen molar-refractivity contribution < 1.29 is 9.63 Å². The van der Waals surface area contributed by atoms with E-state index in [1.807, 2.05) is 30.3 Å². The summed E-state index contributed by atoms with van der Waals surface area (Å²) in [5, 5.41) is 22.5. The van der Waals surface area contributed by atoms with Gasteiger partial charge in [-0.3, -0.25) is 0 Å². The summed E-state index contributed by atoms with van der Waals surface area (Å²) in [6, 6.07) is 9.40. The third-order valence-corrected chi connectivity index (χ3v) is 3.64. The molecule has 1 aromatic heterocycles. The lowest BCUT2D eigenvalue weighted by molar-refractivity contribution is 0.167. The summed E-state index contributed by atoms with van der Waals surface area (Å²) < 4.78 is 5.02. The van der Waals surface area contributed by atoms with E-state index >= 15 is 0 Å². The molecule has 0 fully saturated rings. The van der Waals surface area contributed by atoms with Crippen LogP contribution in [0.1, 0.15) is 18.1 Å². The number of hydrogen-bond donors (Lipinski definition) is 1. The maximum absolute atomic E-state index is 9.48. The minimum Gasteiger partial charge on any atom is -0.392 e. The van der Waals surface area contributed by atoms with Crippen LogP contribution >= 0.6 is 23.4 Å². The van der Waals surface area contributed by atoms with E-state index in [0.717, 1.165) is 4.90 Å². The minimum atomic E-state index is -0.770. The Morgan fingerprint density at radius 3 is 3.10 bits per heavy atom. The van der Waals surface area contributed by atoms with Gasteiger partial charge < -0.3 is 9.63 Å². The molecule has 0 aliphatic heterocycles. The van der Waals surface area contributed by atoms with Gasteiger partial charge in [0.1, 0.15) is 0 Å². The van der Waals surface area contributed by atoms with E-state index in [4.69, 9.17) is 21.4 Å². The second kappa shape index (κ2) is 7.29. The van der Waals surface area contributed by atoms with Gasteiger partial charge in [0.15, 0.2) is 5.82 Å². The average Bonchev–Trinajstić information content (AvgIpc) is 2.84. The maximum Gasteiger partial charge on any atom is 0.229 e. The molecule has 0 spiro atoms. The van der Waals surface area contributed by atoms with Crippen LogP contribution in [0.5, 0.6) is 0 Å². The van der Waals surface area contributed by atoms with Gasteiger partial charge in [-0.05, 0) is 18.2 Å². The molecule has 0 aliphatic carbocycles. The number of hydrogen-bond acceptors (Lipinski definition) is 6. The summed E-state index contributed by atoms with van der Waals surface area (Å²) >= 11 is 7.45. The van der Waals surface area contributed by atoms with Crippen molar-refractivity contribution in [1.29, 1.82) is 5.26 Å². The van der Waals surface area contributed by atoms with Crippen molar-refractivity contribution in [2.75, 3.05) is 0 Å². The first-order valence-corrected chi connectivity index (χ1v) is 7.28. The predicted octanol–water partition coefficient (Wildman–Crippen LogP) is 2.83. The second-order valence-electron chi connectivity index (χ2n) is 4.07. The Kier molecular flexibility index (Phi) is 5.41. The molecule has 1 unspecified atom stereocenters. The molecule has 0 radical (unpaired) electrons. The van der Waals surface area contributed by atoms with Crippen molar-refractivity contribution in [3.05, 3.63) is 41.0 Å². The van der Waals surface area contributed by atoms with Crippen LogP contribution in [0.4, 0.5) is 0 Å². The first-order valence-electron chi connectivity index (χ1n) is 5.92. The number of thioether (sulfide) groups is 1. The molecule has 0 bridgehead atoms. The monoisotopic (exact) mass is 309 g/mol. The standard InChI is InChI=1S/C13H12ClN3O2S/c14-9-2-1-3-11(6-9)20-8-12-16-13(19-17-12)7-10(18)4-5-15/h1-3,6,10,18H,4,7-8H2. The fourth-order valence-corrected chi connectivity index (χ4v) is 2.57. The van der Waals surface area contributed by atoms with Gasteiger partial charge in [-0.1, -0.05) is 22.8 Å². The van der Waals surface area contributed by atoms with E-state index in [2.05, 4.69) is 10.1 Å². The van der Waals surface area contributed by atoms with Crippen molar-refractivity contribution in [2.45, 2.75) is 29.6 Å². The smallest absolute Gasteiger partial charge is 0.229 e. The third kappa shape index (κ3) is 4.53. The van der Waals surface area contributed by atoms with Crippen LogP contribution in [0.25, 0.3) is 0 Å². The Hall–Kier alpha value is -1.55. The van der Waals surface area contributed by atoms with E-state index < -0.39 is 6.10 Å². The SMILES string of the molecule is N#CCC(O)Cc1nc(CSc2cccc(Cl)c2)no1. The van der Waals surface area contributed by atoms with Crippen LogP contribution in [0.3, 0.4) is 0 Å².